The van der Waals surface area contributed by atoms with Crippen LogP contribution in [-0.4, -0.2) is 21.5 Å². The fourth-order valence-electron chi connectivity index (χ4n) is 1.82. The van der Waals surface area contributed by atoms with Gasteiger partial charge in [0, 0.05) is 5.02 Å². The highest BCUT2D eigenvalue weighted by Crippen LogP contribution is 2.20. The van der Waals surface area contributed by atoms with E-state index in [1.807, 2.05) is 0 Å². The van der Waals surface area contributed by atoms with Crippen molar-refractivity contribution in [2.45, 2.75) is 10.6 Å². The van der Waals surface area contributed by atoms with Gasteiger partial charge < -0.3 is 4.74 Å². The van der Waals surface area contributed by atoms with Gasteiger partial charge in [-0.3, -0.25) is 0 Å². The van der Waals surface area contributed by atoms with E-state index in [9.17, 15) is 13.2 Å². The Morgan fingerprint density at radius 2 is 1.81 bits per heavy atom. The maximum atomic E-state index is 12.3. The molecule has 2 rings (SSSR count). The lowest BCUT2D eigenvalue weighted by atomic mass is 10.1. The molecule has 2 aromatic carbocycles. The van der Waals surface area contributed by atoms with E-state index >= 15 is 0 Å². The van der Waals surface area contributed by atoms with Gasteiger partial charge in [0.2, 0.25) is 0 Å². The molecule has 6 heteroatoms. The van der Waals surface area contributed by atoms with E-state index in [1.54, 1.807) is 24.3 Å². The molecular formula is C15H13ClO4S. The van der Waals surface area contributed by atoms with Gasteiger partial charge in [-0.15, -0.1) is 0 Å². The largest absolute Gasteiger partial charge is 0.465 e. The Labute approximate surface area is 128 Å². The zero-order valence-corrected chi connectivity index (χ0v) is 12.8. The minimum Gasteiger partial charge on any atom is -0.465 e. The molecule has 0 fully saturated rings. The number of benzene rings is 2. The highest BCUT2D eigenvalue weighted by atomic mass is 35.5. The van der Waals surface area contributed by atoms with E-state index < -0.39 is 15.8 Å². The van der Waals surface area contributed by atoms with Crippen molar-refractivity contribution in [3.8, 4) is 0 Å². The second kappa shape index (κ2) is 6.28. The molecule has 110 valence electrons. The summed E-state index contributed by atoms with van der Waals surface area (Å²) in [5.74, 6) is -0.617. The first kappa shape index (κ1) is 15.5. The number of carbonyl (C=O) groups is 1. The summed E-state index contributed by atoms with van der Waals surface area (Å²) < 4.78 is 29.1. The number of sulfone groups is 1. The van der Waals surface area contributed by atoms with Crippen molar-refractivity contribution >= 4 is 27.4 Å². The van der Waals surface area contributed by atoms with E-state index in [0.717, 1.165) is 0 Å². The zero-order valence-electron chi connectivity index (χ0n) is 11.2. The Bertz CT molecular complexity index is 751. The van der Waals surface area contributed by atoms with Crippen molar-refractivity contribution in [1.82, 2.24) is 0 Å². The molecule has 21 heavy (non-hydrogen) atoms. The van der Waals surface area contributed by atoms with Crippen LogP contribution in [0.1, 0.15) is 15.9 Å². The van der Waals surface area contributed by atoms with Gasteiger partial charge in [-0.25, -0.2) is 13.2 Å². The molecule has 0 aliphatic heterocycles. The van der Waals surface area contributed by atoms with Gasteiger partial charge >= 0.3 is 5.97 Å². The number of hydrogen-bond acceptors (Lipinski definition) is 4. The predicted molar refractivity (Wildman–Crippen MR) is 80.1 cm³/mol. The summed E-state index contributed by atoms with van der Waals surface area (Å²) in [5, 5.41) is 0.372. The summed E-state index contributed by atoms with van der Waals surface area (Å²) in [7, 11) is -2.18. The molecule has 0 atom stereocenters. The van der Waals surface area contributed by atoms with Crippen LogP contribution in [0.2, 0.25) is 5.02 Å². The van der Waals surface area contributed by atoms with Gasteiger partial charge in [0.1, 0.15) is 0 Å². The lowest BCUT2D eigenvalue weighted by molar-refractivity contribution is 0.0600. The molecular weight excluding hydrogens is 312 g/mol. The Morgan fingerprint density at radius 3 is 2.38 bits per heavy atom. The van der Waals surface area contributed by atoms with Crippen LogP contribution in [0.3, 0.4) is 0 Å². The number of ether oxygens (including phenoxy) is 1. The van der Waals surface area contributed by atoms with Gasteiger partial charge in [0.25, 0.3) is 0 Å². The summed E-state index contributed by atoms with van der Waals surface area (Å²) in [5.41, 5.74) is 0.962. The minimum absolute atomic E-state index is 0.158. The molecule has 0 spiro atoms. The van der Waals surface area contributed by atoms with Gasteiger partial charge in [-0.05, 0) is 35.9 Å². The van der Waals surface area contributed by atoms with Crippen LogP contribution in [0.5, 0.6) is 0 Å². The van der Waals surface area contributed by atoms with Gasteiger partial charge in [-0.1, -0.05) is 29.8 Å². The average Bonchev–Trinajstić information content (AvgIpc) is 2.47. The minimum atomic E-state index is -3.48. The number of carbonyl (C=O) groups excluding carboxylic acids is 1. The third-order valence-corrected chi connectivity index (χ3v) is 4.81. The van der Waals surface area contributed by atoms with Crippen molar-refractivity contribution in [1.29, 1.82) is 0 Å². The van der Waals surface area contributed by atoms with Crippen LogP contribution in [-0.2, 0) is 20.3 Å². The Hall–Kier alpha value is -1.85. The number of esters is 1. The number of rotatable bonds is 4. The second-order valence-corrected chi connectivity index (χ2v) is 6.83. The zero-order chi connectivity index (χ0) is 15.5. The maximum absolute atomic E-state index is 12.3. The molecule has 0 saturated carbocycles. The Balaban J connectivity index is 2.23. The SMILES string of the molecule is COC(=O)c1ccc(CS(=O)(=O)c2cccc(Cl)c2)cc1. The van der Waals surface area contributed by atoms with Crippen molar-refractivity contribution in [3.63, 3.8) is 0 Å². The third-order valence-electron chi connectivity index (χ3n) is 2.89. The van der Waals surface area contributed by atoms with Gasteiger partial charge in [0.05, 0.1) is 23.3 Å². The summed E-state index contributed by atoms with van der Waals surface area (Å²) in [6.45, 7) is 0. The topological polar surface area (TPSA) is 60.4 Å². The highest BCUT2D eigenvalue weighted by Gasteiger charge is 2.16. The Morgan fingerprint density at radius 1 is 1.14 bits per heavy atom. The molecule has 0 N–H and O–H groups in total. The normalized spacial score (nSPS) is 11.1. The first-order valence-electron chi connectivity index (χ1n) is 6.08. The molecule has 0 aliphatic carbocycles. The van der Waals surface area contributed by atoms with Crippen LogP contribution < -0.4 is 0 Å². The number of hydrogen-bond donors (Lipinski definition) is 0. The first-order valence-corrected chi connectivity index (χ1v) is 8.11. The van der Waals surface area contributed by atoms with Crippen LogP contribution in [0.4, 0.5) is 0 Å². The van der Waals surface area contributed by atoms with Crippen molar-refractivity contribution in [2.24, 2.45) is 0 Å². The van der Waals surface area contributed by atoms with E-state index in [2.05, 4.69) is 4.74 Å². The monoisotopic (exact) mass is 324 g/mol. The lowest BCUT2D eigenvalue weighted by Crippen LogP contribution is -2.06. The van der Waals surface area contributed by atoms with Crippen LogP contribution in [0, 0.1) is 0 Å². The number of halogens is 1. The average molecular weight is 325 g/mol. The fourth-order valence-corrected chi connectivity index (χ4v) is 3.46. The smallest absolute Gasteiger partial charge is 0.337 e. The van der Waals surface area contributed by atoms with Crippen LogP contribution in [0.15, 0.2) is 53.4 Å². The van der Waals surface area contributed by atoms with Crippen LogP contribution in [0.25, 0.3) is 0 Å². The van der Waals surface area contributed by atoms with Crippen LogP contribution >= 0.6 is 11.6 Å². The van der Waals surface area contributed by atoms with Gasteiger partial charge in [0.15, 0.2) is 9.84 Å². The molecule has 0 aliphatic rings. The highest BCUT2D eigenvalue weighted by molar-refractivity contribution is 7.90. The maximum Gasteiger partial charge on any atom is 0.337 e. The molecule has 0 amide bonds. The van der Waals surface area contributed by atoms with E-state index in [1.165, 1.54) is 31.4 Å². The molecule has 4 nitrogen and oxygen atoms in total. The second-order valence-electron chi connectivity index (χ2n) is 4.40. The summed E-state index contributed by atoms with van der Waals surface area (Å²) in [6.07, 6.45) is 0. The van der Waals surface area contributed by atoms with Crippen molar-refractivity contribution in [3.05, 3.63) is 64.7 Å². The van der Waals surface area contributed by atoms with E-state index in [-0.39, 0.29) is 10.6 Å². The predicted octanol–water partition coefficient (Wildman–Crippen LogP) is 3.10. The summed E-state index contributed by atoms with van der Waals surface area (Å²) in [6, 6.07) is 12.4. The molecule has 2 aromatic rings. The molecule has 0 aromatic heterocycles. The number of methoxy groups -OCH3 is 1. The quantitative estimate of drug-likeness (QED) is 0.811. The molecule has 0 unspecified atom stereocenters. The third kappa shape index (κ3) is 3.83. The fraction of sp³-hybridized carbons (Fsp3) is 0.133. The molecule has 0 radical (unpaired) electrons. The summed E-state index contributed by atoms with van der Waals surface area (Å²) in [4.78, 5) is 11.5. The van der Waals surface area contributed by atoms with Crippen molar-refractivity contribution < 1.29 is 17.9 Å². The van der Waals surface area contributed by atoms with Gasteiger partial charge in [-0.2, -0.15) is 0 Å². The molecule has 0 bridgehead atoms. The standard InChI is InChI=1S/C15H13ClO4S/c1-20-15(17)12-7-5-11(6-8-12)10-21(18,19)14-4-2-3-13(16)9-14/h2-9H,10H2,1H3. The van der Waals surface area contributed by atoms with E-state index in [4.69, 9.17) is 11.6 Å². The lowest BCUT2D eigenvalue weighted by Gasteiger charge is -2.06. The molecule has 0 heterocycles. The van der Waals surface area contributed by atoms with Crippen molar-refractivity contribution in [2.75, 3.05) is 7.11 Å². The first-order chi connectivity index (χ1) is 9.92. The summed E-state index contributed by atoms with van der Waals surface area (Å²) >= 11 is 5.81. The molecule has 0 saturated heterocycles. The Kier molecular flexibility index (Phi) is 4.65. The van der Waals surface area contributed by atoms with E-state index in [0.29, 0.717) is 16.1 Å².